The maximum atomic E-state index is 14.3. The summed E-state index contributed by atoms with van der Waals surface area (Å²) in [5.41, 5.74) is 1.85. The number of hydrogen-bond donors (Lipinski definition) is 1. The van der Waals surface area contributed by atoms with Gasteiger partial charge in [0.05, 0.1) is 18.8 Å². The minimum atomic E-state index is -0.104. The van der Waals surface area contributed by atoms with Gasteiger partial charge in [0.15, 0.2) is 0 Å². The first kappa shape index (κ1) is 14.8. The molecule has 1 aliphatic heterocycles. The van der Waals surface area contributed by atoms with Crippen molar-refractivity contribution in [1.29, 1.82) is 0 Å². The molecule has 116 valence electrons. The number of benzene rings is 1. The molecule has 1 heterocycles. The summed E-state index contributed by atoms with van der Waals surface area (Å²) in [7, 11) is 0. The van der Waals surface area contributed by atoms with E-state index in [0.29, 0.717) is 18.7 Å². The average Bonchev–Trinajstić information content (AvgIpc) is 2.53. The third-order valence-electron chi connectivity index (χ3n) is 4.69. The summed E-state index contributed by atoms with van der Waals surface area (Å²) < 4.78 is 20.2. The van der Waals surface area contributed by atoms with Crippen LogP contribution in [0.3, 0.4) is 0 Å². The second-order valence-corrected chi connectivity index (χ2v) is 5.97. The quantitative estimate of drug-likeness (QED) is 0.923. The van der Waals surface area contributed by atoms with E-state index in [-0.39, 0.29) is 5.82 Å². The van der Waals surface area contributed by atoms with Crippen LogP contribution in [0.1, 0.15) is 38.2 Å². The van der Waals surface area contributed by atoms with Crippen LogP contribution in [0.2, 0.25) is 0 Å². The third-order valence-corrected chi connectivity index (χ3v) is 4.69. The second kappa shape index (κ2) is 6.75. The molecule has 2 fully saturated rings. The molecule has 3 rings (SSSR count). The molecule has 21 heavy (non-hydrogen) atoms. The normalized spacial score (nSPS) is 25.7. The predicted molar refractivity (Wildman–Crippen MR) is 83.1 cm³/mol. The number of morpholine rings is 1. The highest BCUT2D eigenvalue weighted by atomic mass is 19.1. The van der Waals surface area contributed by atoms with Crippen molar-refractivity contribution in [3.63, 3.8) is 0 Å². The Labute approximate surface area is 126 Å². The molecule has 2 aliphatic rings. The van der Waals surface area contributed by atoms with Gasteiger partial charge in [-0.05, 0) is 31.5 Å². The molecule has 0 spiro atoms. The molecular weight excluding hydrogens is 267 g/mol. The van der Waals surface area contributed by atoms with Gasteiger partial charge in [-0.25, -0.2) is 4.39 Å². The monoisotopic (exact) mass is 292 g/mol. The number of rotatable bonds is 4. The molecule has 1 saturated heterocycles. The zero-order valence-corrected chi connectivity index (χ0v) is 12.8. The lowest BCUT2D eigenvalue weighted by atomic mass is 9.89. The summed E-state index contributed by atoms with van der Waals surface area (Å²) in [6.07, 6.45) is 5.12. The number of fused-ring (bicyclic) bond motifs is 1. The van der Waals surface area contributed by atoms with Gasteiger partial charge in [-0.2, -0.15) is 0 Å². The molecule has 0 aromatic heterocycles. The maximum absolute atomic E-state index is 14.3. The van der Waals surface area contributed by atoms with Crippen LogP contribution in [0.25, 0.3) is 0 Å². The van der Waals surface area contributed by atoms with Crippen molar-refractivity contribution in [3.8, 4) is 0 Å². The van der Waals surface area contributed by atoms with Gasteiger partial charge in [-0.1, -0.05) is 25.8 Å². The summed E-state index contributed by atoms with van der Waals surface area (Å²) >= 11 is 0. The molecule has 1 aromatic rings. The molecule has 4 heteroatoms. The number of ether oxygens (including phenoxy) is 1. The molecule has 1 aromatic carbocycles. The fourth-order valence-corrected chi connectivity index (χ4v) is 3.64. The van der Waals surface area contributed by atoms with E-state index in [9.17, 15) is 4.39 Å². The topological polar surface area (TPSA) is 24.5 Å². The van der Waals surface area contributed by atoms with Crippen LogP contribution in [-0.2, 0) is 11.3 Å². The van der Waals surface area contributed by atoms with Gasteiger partial charge in [0.1, 0.15) is 5.82 Å². The van der Waals surface area contributed by atoms with E-state index in [1.807, 2.05) is 13.0 Å². The molecular formula is C17H25FN2O. The number of anilines is 1. The van der Waals surface area contributed by atoms with Crippen molar-refractivity contribution in [3.05, 3.63) is 29.6 Å². The van der Waals surface area contributed by atoms with Gasteiger partial charge in [-0.3, -0.25) is 0 Å². The molecule has 2 atom stereocenters. The number of nitrogens with one attached hydrogen (secondary N) is 1. The molecule has 0 bridgehead atoms. The molecule has 0 amide bonds. The molecule has 1 saturated carbocycles. The molecule has 1 N–H and O–H groups in total. The van der Waals surface area contributed by atoms with E-state index in [2.05, 4.69) is 16.3 Å². The minimum absolute atomic E-state index is 0.104. The van der Waals surface area contributed by atoms with Crippen molar-refractivity contribution in [2.24, 2.45) is 0 Å². The van der Waals surface area contributed by atoms with Crippen molar-refractivity contribution in [2.45, 2.75) is 51.3 Å². The van der Waals surface area contributed by atoms with Crippen LogP contribution in [0.15, 0.2) is 18.2 Å². The van der Waals surface area contributed by atoms with Crippen LogP contribution in [0.5, 0.6) is 0 Å². The van der Waals surface area contributed by atoms with Crippen LogP contribution in [0, 0.1) is 5.82 Å². The standard InChI is InChI=1S/C17H25FN2O/c1-2-19-12-13-14(18)6-5-8-15(13)20-10-11-21-17-9-4-3-7-16(17)20/h5-6,8,16-17,19H,2-4,7,9-12H2,1H3. The van der Waals surface area contributed by atoms with Crippen LogP contribution in [0.4, 0.5) is 10.1 Å². The van der Waals surface area contributed by atoms with Gasteiger partial charge < -0.3 is 15.0 Å². The lowest BCUT2D eigenvalue weighted by Crippen LogP contribution is -2.53. The van der Waals surface area contributed by atoms with Gasteiger partial charge in [0.25, 0.3) is 0 Å². The Morgan fingerprint density at radius 3 is 3.05 bits per heavy atom. The maximum Gasteiger partial charge on any atom is 0.129 e. The first-order chi connectivity index (χ1) is 10.3. The van der Waals surface area contributed by atoms with Gasteiger partial charge in [-0.15, -0.1) is 0 Å². The SMILES string of the molecule is CCNCc1c(F)cccc1N1CCOC2CCCCC21. The fraction of sp³-hybridized carbons (Fsp3) is 0.647. The Kier molecular flexibility index (Phi) is 4.76. The summed E-state index contributed by atoms with van der Waals surface area (Å²) in [6, 6.07) is 5.87. The fourth-order valence-electron chi connectivity index (χ4n) is 3.64. The highest BCUT2D eigenvalue weighted by Gasteiger charge is 2.35. The van der Waals surface area contributed by atoms with Gasteiger partial charge in [0, 0.05) is 24.3 Å². The minimum Gasteiger partial charge on any atom is -0.374 e. The Morgan fingerprint density at radius 2 is 2.19 bits per heavy atom. The van der Waals surface area contributed by atoms with E-state index < -0.39 is 0 Å². The Bertz CT molecular complexity index is 478. The van der Waals surface area contributed by atoms with Crippen LogP contribution in [-0.4, -0.2) is 31.8 Å². The molecule has 1 aliphatic carbocycles. The molecule has 2 unspecified atom stereocenters. The second-order valence-electron chi connectivity index (χ2n) is 5.97. The predicted octanol–water partition coefficient (Wildman–Crippen LogP) is 3.08. The zero-order valence-electron chi connectivity index (χ0n) is 12.8. The van der Waals surface area contributed by atoms with Crippen molar-refractivity contribution >= 4 is 5.69 Å². The van der Waals surface area contributed by atoms with Gasteiger partial charge >= 0.3 is 0 Å². The summed E-state index contributed by atoms with van der Waals surface area (Å²) in [4.78, 5) is 2.39. The lowest BCUT2D eigenvalue weighted by molar-refractivity contribution is -0.00876. The summed E-state index contributed by atoms with van der Waals surface area (Å²) in [5.74, 6) is -0.104. The highest BCUT2D eigenvalue weighted by molar-refractivity contribution is 5.55. The lowest BCUT2D eigenvalue weighted by Gasteiger charge is -2.45. The summed E-state index contributed by atoms with van der Waals surface area (Å²) in [5, 5.41) is 3.26. The van der Waals surface area contributed by atoms with Crippen molar-refractivity contribution < 1.29 is 9.13 Å². The van der Waals surface area contributed by atoms with Crippen LogP contribution >= 0.6 is 0 Å². The van der Waals surface area contributed by atoms with Crippen molar-refractivity contribution in [1.82, 2.24) is 5.32 Å². The zero-order chi connectivity index (χ0) is 14.7. The molecule has 3 nitrogen and oxygen atoms in total. The van der Waals surface area contributed by atoms with Gasteiger partial charge in [0.2, 0.25) is 0 Å². The Hall–Kier alpha value is -1.13. The Balaban J connectivity index is 1.89. The Morgan fingerprint density at radius 1 is 1.33 bits per heavy atom. The van der Waals surface area contributed by atoms with E-state index in [4.69, 9.17) is 4.74 Å². The van der Waals surface area contributed by atoms with E-state index in [1.54, 1.807) is 6.07 Å². The van der Waals surface area contributed by atoms with Crippen LogP contribution < -0.4 is 10.2 Å². The van der Waals surface area contributed by atoms with E-state index in [0.717, 1.165) is 43.8 Å². The van der Waals surface area contributed by atoms with E-state index in [1.165, 1.54) is 12.8 Å². The highest BCUT2D eigenvalue weighted by Crippen LogP contribution is 2.34. The number of hydrogen-bond acceptors (Lipinski definition) is 3. The van der Waals surface area contributed by atoms with Crippen molar-refractivity contribution in [2.75, 3.05) is 24.6 Å². The largest absolute Gasteiger partial charge is 0.374 e. The average molecular weight is 292 g/mol. The first-order valence-electron chi connectivity index (χ1n) is 8.17. The number of nitrogens with zero attached hydrogens (tertiary/aromatic N) is 1. The number of halogens is 1. The summed E-state index contributed by atoms with van der Waals surface area (Å²) in [6.45, 7) is 5.10. The molecule has 0 radical (unpaired) electrons. The third kappa shape index (κ3) is 3.06. The smallest absolute Gasteiger partial charge is 0.129 e. The van der Waals surface area contributed by atoms with E-state index >= 15 is 0 Å². The first-order valence-corrected chi connectivity index (χ1v) is 8.17.